The van der Waals surface area contributed by atoms with Crippen LogP contribution in [-0.2, 0) is 4.74 Å². The number of hydrogen-bond donors (Lipinski definition) is 2. The molecule has 2 aromatic carbocycles. The van der Waals surface area contributed by atoms with Gasteiger partial charge in [-0.1, -0.05) is 12.1 Å². The van der Waals surface area contributed by atoms with Crippen molar-refractivity contribution >= 4 is 22.6 Å². The van der Waals surface area contributed by atoms with Crippen LogP contribution in [0.5, 0.6) is 5.75 Å². The van der Waals surface area contributed by atoms with Crippen LogP contribution in [0.15, 0.2) is 48.2 Å². The Morgan fingerprint density at radius 1 is 1.32 bits per heavy atom. The highest BCUT2D eigenvalue weighted by molar-refractivity contribution is 5.90. The number of aromatic nitrogens is 2. The highest BCUT2D eigenvalue weighted by Gasteiger charge is 2.22. The predicted octanol–water partition coefficient (Wildman–Crippen LogP) is 3.75. The number of nitrogens with zero attached hydrogens (tertiary/aromatic N) is 2. The van der Waals surface area contributed by atoms with E-state index in [0.29, 0.717) is 11.0 Å². The Morgan fingerprint density at radius 3 is 2.71 bits per heavy atom. The molecule has 1 atom stereocenters. The number of H-pyrrole nitrogens is 1. The minimum absolute atomic E-state index is 0.0102. The molecule has 0 unspecified atom stereocenters. The van der Waals surface area contributed by atoms with Crippen LogP contribution in [0.25, 0.3) is 16.6 Å². The van der Waals surface area contributed by atoms with Crippen molar-refractivity contribution in [3.8, 4) is 11.8 Å². The predicted molar refractivity (Wildman–Crippen MR) is 99.1 cm³/mol. The van der Waals surface area contributed by atoms with Gasteiger partial charge >= 0.3 is 5.97 Å². The second kappa shape index (κ2) is 7.80. The third-order valence-corrected chi connectivity index (χ3v) is 4.05. The van der Waals surface area contributed by atoms with Gasteiger partial charge in [0.25, 0.3) is 0 Å². The van der Waals surface area contributed by atoms with Gasteiger partial charge in [-0.15, -0.1) is 0 Å². The Kier molecular flexibility index (Phi) is 5.27. The normalized spacial score (nSPS) is 12.8. The number of para-hydroxylation sites is 2. The number of fused-ring (bicyclic) bond motifs is 1. The Bertz CT molecular complexity index is 1080. The highest BCUT2D eigenvalue weighted by atomic mass is 19.1. The van der Waals surface area contributed by atoms with Gasteiger partial charge in [0.05, 0.1) is 23.7 Å². The molecule has 0 aliphatic heterocycles. The number of nitriles is 1. The summed E-state index contributed by atoms with van der Waals surface area (Å²) in [5, 5.41) is 19.9. The molecule has 7 nitrogen and oxygen atoms in total. The van der Waals surface area contributed by atoms with Crippen molar-refractivity contribution in [1.82, 2.24) is 9.97 Å². The largest absolute Gasteiger partial charge is 0.507 e. The summed E-state index contributed by atoms with van der Waals surface area (Å²) >= 11 is 0. The number of esters is 1. The molecule has 0 aliphatic rings. The smallest absolute Gasteiger partial charge is 0.338 e. The van der Waals surface area contributed by atoms with E-state index in [1.54, 1.807) is 24.3 Å². The van der Waals surface area contributed by atoms with Crippen LogP contribution < -0.4 is 4.74 Å². The van der Waals surface area contributed by atoms with Gasteiger partial charge in [0.15, 0.2) is 29.3 Å². The van der Waals surface area contributed by atoms with Crippen molar-refractivity contribution in [1.29, 1.82) is 5.26 Å². The van der Waals surface area contributed by atoms with Gasteiger partial charge in [0.1, 0.15) is 11.6 Å². The number of hydrogen-bond acceptors (Lipinski definition) is 6. The molecule has 1 heterocycles. The van der Waals surface area contributed by atoms with E-state index in [0.717, 1.165) is 6.07 Å². The molecule has 3 rings (SSSR count). The molecule has 8 heteroatoms. The minimum Gasteiger partial charge on any atom is -0.507 e. The molecule has 28 heavy (non-hydrogen) atoms. The van der Waals surface area contributed by atoms with Crippen molar-refractivity contribution < 1.29 is 23.8 Å². The number of rotatable bonds is 5. The number of aliphatic hydroxyl groups is 1. The number of imidazole rings is 1. The molecule has 0 aliphatic carbocycles. The molecule has 2 N–H and O–H groups in total. The zero-order valence-corrected chi connectivity index (χ0v) is 15.1. The van der Waals surface area contributed by atoms with E-state index in [1.165, 1.54) is 26.2 Å². The molecule has 142 valence electrons. The summed E-state index contributed by atoms with van der Waals surface area (Å²) in [6.07, 6.45) is -1.15. The first-order valence-corrected chi connectivity index (χ1v) is 8.27. The molecular formula is C20H16FN3O4. The van der Waals surface area contributed by atoms with E-state index in [9.17, 15) is 19.6 Å². The number of halogens is 1. The average molecular weight is 381 g/mol. The quantitative estimate of drug-likeness (QED) is 0.396. The Hall–Kier alpha value is -3.86. The molecule has 0 fully saturated rings. The lowest BCUT2D eigenvalue weighted by Gasteiger charge is -2.14. The Balaban J connectivity index is 1.85. The third kappa shape index (κ3) is 3.64. The van der Waals surface area contributed by atoms with Gasteiger partial charge in [-0.2, -0.15) is 5.26 Å². The number of allylic oxidation sites excluding steroid dienone is 1. The van der Waals surface area contributed by atoms with Crippen LogP contribution in [-0.4, -0.2) is 34.3 Å². The van der Waals surface area contributed by atoms with Crippen LogP contribution >= 0.6 is 0 Å². The molecular weight excluding hydrogens is 365 g/mol. The van der Waals surface area contributed by atoms with E-state index in [1.807, 2.05) is 6.07 Å². The molecule has 1 aromatic heterocycles. The Labute approximate surface area is 159 Å². The first kappa shape index (κ1) is 18.9. The summed E-state index contributed by atoms with van der Waals surface area (Å²) in [4.78, 5) is 19.4. The van der Waals surface area contributed by atoms with Crippen molar-refractivity contribution in [2.24, 2.45) is 0 Å². The summed E-state index contributed by atoms with van der Waals surface area (Å²) in [5.41, 5.74) is 1.10. The van der Waals surface area contributed by atoms with E-state index in [2.05, 4.69) is 9.97 Å². The molecule has 0 amide bonds. The maximum Gasteiger partial charge on any atom is 0.338 e. The molecule has 3 aromatic rings. The van der Waals surface area contributed by atoms with Crippen LogP contribution in [0, 0.1) is 17.1 Å². The fourth-order valence-electron chi connectivity index (χ4n) is 2.58. The molecule has 0 saturated carbocycles. The van der Waals surface area contributed by atoms with Crippen molar-refractivity contribution in [2.75, 3.05) is 7.11 Å². The van der Waals surface area contributed by atoms with Crippen LogP contribution in [0.2, 0.25) is 0 Å². The lowest BCUT2D eigenvalue weighted by molar-refractivity contribution is 0.0333. The number of aromatic amines is 1. The number of nitrogens with one attached hydrogen (secondary N) is 1. The van der Waals surface area contributed by atoms with E-state index in [-0.39, 0.29) is 22.7 Å². The lowest BCUT2D eigenvalue weighted by Crippen LogP contribution is -2.18. The van der Waals surface area contributed by atoms with E-state index in [4.69, 9.17) is 9.47 Å². The number of methoxy groups -OCH3 is 1. The fourth-order valence-corrected chi connectivity index (χ4v) is 2.58. The number of aliphatic hydroxyl groups excluding tert-OH is 1. The summed E-state index contributed by atoms with van der Waals surface area (Å²) in [7, 11) is 1.31. The van der Waals surface area contributed by atoms with Gasteiger partial charge < -0.3 is 19.6 Å². The molecule has 0 spiro atoms. The molecule has 0 saturated heterocycles. The second-order valence-electron chi connectivity index (χ2n) is 5.87. The van der Waals surface area contributed by atoms with E-state index >= 15 is 0 Å². The van der Waals surface area contributed by atoms with Crippen LogP contribution in [0.3, 0.4) is 0 Å². The SMILES string of the molecule is COc1ccc(C(=O)O[C@H](C)/C(O)=C(\C#N)c2nc3ccccc3[nH]2)cc1F. The standard InChI is InChI=1S/C20H16FN3O4/c1-11(28-20(26)12-7-8-17(27-2)14(21)9-12)18(25)13(10-22)19-23-15-5-3-4-6-16(15)24-19/h3-9,11,25H,1-2H3,(H,23,24)/b18-13-/t11-/m1/s1. The minimum atomic E-state index is -1.15. The zero-order chi connectivity index (χ0) is 20.3. The van der Waals surface area contributed by atoms with Crippen LogP contribution in [0.1, 0.15) is 23.1 Å². The Morgan fingerprint density at radius 2 is 2.07 bits per heavy atom. The van der Waals surface area contributed by atoms with Gasteiger partial charge in [-0.05, 0) is 37.3 Å². The number of ether oxygens (including phenoxy) is 2. The van der Waals surface area contributed by atoms with Crippen molar-refractivity contribution in [2.45, 2.75) is 13.0 Å². The fraction of sp³-hybridized carbons (Fsp3) is 0.150. The first-order chi connectivity index (χ1) is 13.4. The molecule has 0 radical (unpaired) electrons. The maximum atomic E-state index is 13.8. The number of carbonyl (C=O) groups is 1. The highest BCUT2D eigenvalue weighted by Crippen LogP contribution is 2.23. The monoisotopic (exact) mass is 381 g/mol. The van der Waals surface area contributed by atoms with Crippen molar-refractivity contribution in [3.63, 3.8) is 0 Å². The lowest BCUT2D eigenvalue weighted by atomic mass is 10.1. The van der Waals surface area contributed by atoms with Crippen LogP contribution in [0.4, 0.5) is 4.39 Å². The van der Waals surface area contributed by atoms with Gasteiger partial charge in [0.2, 0.25) is 0 Å². The second-order valence-corrected chi connectivity index (χ2v) is 5.87. The van der Waals surface area contributed by atoms with Gasteiger partial charge in [-0.3, -0.25) is 0 Å². The van der Waals surface area contributed by atoms with Gasteiger partial charge in [-0.25, -0.2) is 14.2 Å². The van der Waals surface area contributed by atoms with Crippen molar-refractivity contribution in [3.05, 3.63) is 65.4 Å². The summed E-state index contributed by atoms with van der Waals surface area (Å²) in [5.74, 6) is -1.90. The third-order valence-electron chi connectivity index (χ3n) is 4.05. The topological polar surface area (TPSA) is 108 Å². The number of benzene rings is 2. The van der Waals surface area contributed by atoms with Gasteiger partial charge in [0, 0.05) is 0 Å². The molecule has 0 bridgehead atoms. The summed E-state index contributed by atoms with van der Waals surface area (Å²) < 4.78 is 23.7. The summed E-state index contributed by atoms with van der Waals surface area (Å²) in [6, 6.07) is 12.6. The first-order valence-electron chi connectivity index (χ1n) is 8.27. The van der Waals surface area contributed by atoms with E-state index < -0.39 is 23.6 Å². The average Bonchev–Trinajstić information content (AvgIpc) is 3.11. The summed E-state index contributed by atoms with van der Waals surface area (Å²) in [6.45, 7) is 1.40. The number of carbonyl (C=O) groups excluding carboxylic acids is 1. The zero-order valence-electron chi connectivity index (χ0n) is 15.1. The maximum absolute atomic E-state index is 13.8.